The third-order valence-electron chi connectivity index (χ3n) is 10.5. The highest BCUT2D eigenvalue weighted by Crippen LogP contribution is 2.80. The van der Waals surface area contributed by atoms with Crippen molar-refractivity contribution in [2.75, 3.05) is 20.3 Å². The van der Waals surface area contributed by atoms with Crippen LogP contribution in [0.25, 0.3) is 0 Å². The highest BCUT2D eigenvalue weighted by atomic mass is 16.7. The first kappa shape index (κ1) is 18.7. The lowest BCUT2D eigenvalue weighted by atomic mass is 9.45. The molecule has 1 heterocycles. The lowest BCUT2D eigenvalue weighted by Crippen LogP contribution is -2.58. The van der Waals surface area contributed by atoms with Crippen molar-refractivity contribution in [1.29, 1.82) is 0 Å². The predicted octanol–water partition coefficient (Wildman–Crippen LogP) is 5.92. The summed E-state index contributed by atoms with van der Waals surface area (Å²) in [5, 5.41) is 0. The molecule has 0 N–H and O–H groups in total. The molecule has 2 bridgehead atoms. The van der Waals surface area contributed by atoms with Crippen LogP contribution in [-0.4, -0.2) is 26.1 Å². The average molecular weight is 397 g/mol. The lowest BCUT2D eigenvalue weighted by Gasteiger charge is -2.60. The fourth-order valence-corrected chi connectivity index (χ4v) is 9.13. The van der Waals surface area contributed by atoms with Crippen molar-refractivity contribution in [3.63, 3.8) is 0 Å². The van der Waals surface area contributed by atoms with Crippen LogP contribution in [-0.2, 0) is 14.2 Å². The van der Waals surface area contributed by atoms with Gasteiger partial charge in [-0.3, -0.25) is 0 Å². The smallest absolute Gasteiger partial charge is 0.177 e. The molecule has 0 spiro atoms. The van der Waals surface area contributed by atoms with Gasteiger partial charge in [-0.15, -0.1) is 0 Å². The van der Waals surface area contributed by atoms with Gasteiger partial charge in [0.15, 0.2) is 5.79 Å². The molecule has 2 saturated carbocycles. The van der Waals surface area contributed by atoms with Crippen LogP contribution >= 0.6 is 0 Å². The lowest BCUT2D eigenvalue weighted by molar-refractivity contribution is -0.259. The fourth-order valence-electron chi connectivity index (χ4n) is 9.13. The molecule has 5 aliphatic carbocycles. The van der Waals surface area contributed by atoms with E-state index in [0.29, 0.717) is 5.41 Å². The molecule has 29 heavy (non-hydrogen) atoms. The van der Waals surface area contributed by atoms with Crippen LogP contribution in [0.4, 0.5) is 0 Å². The Morgan fingerprint density at radius 1 is 1.10 bits per heavy atom. The molecule has 0 radical (unpaired) electrons. The van der Waals surface area contributed by atoms with Crippen molar-refractivity contribution in [3.8, 4) is 0 Å². The van der Waals surface area contributed by atoms with Gasteiger partial charge in [0.05, 0.1) is 26.1 Å². The van der Waals surface area contributed by atoms with Gasteiger partial charge in [0.1, 0.15) is 0 Å². The molecule has 6 aliphatic rings. The Balaban J connectivity index is 1.39. The molecule has 3 fully saturated rings. The minimum Gasteiger partial charge on any atom is -0.501 e. The van der Waals surface area contributed by atoms with Crippen molar-refractivity contribution in [3.05, 3.63) is 35.1 Å². The standard InChI is InChI=1S/C26H36O3/c1-4-26(28-15-16-29-26)25-13-11-24(12-14-25)22-8-5-18-17-19(27-3)6-7-20(18)21(22)9-10-23(24,25)2/h6,11,13,21-22H,4-5,7-10,12,14-17H2,1-3H3/t21-,22-,23+,24?,25+/m1/s1. The zero-order chi connectivity index (χ0) is 19.9. The maximum absolute atomic E-state index is 6.45. The van der Waals surface area contributed by atoms with Crippen molar-refractivity contribution < 1.29 is 14.2 Å². The molecule has 0 aromatic rings. The SMILES string of the molecule is CCC1([C@@]23C=CC4(CC2)[C@@H]2CCC5=C(CC=C(OC)C5)[C@H]2CC[C@@]43C)OCCO1. The summed E-state index contributed by atoms with van der Waals surface area (Å²) in [7, 11) is 1.83. The first-order valence-electron chi connectivity index (χ1n) is 12.0. The zero-order valence-electron chi connectivity index (χ0n) is 18.4. The second-order valence-electron chi connectivity index (χ2n) is 10.7. The normalized spacial score (nSPS) is 46.9. The number of fused-ring (bicyclic) bond motifs is 2. The summed E-state index contributed by atoms with van der Waals surface area (Å²) in [5.41, 5.74) is 4.12. The van der Waals surface area contributed by atoms with Gasteiger partial charge < -0.3 is 14.2 Å². The average Bonchev–Trinajstić information content (AvgIpc) is 3.43. The number of allylic oxidation sites excluding steroid dienone is 4. The van der Waals surface area contributed by atoms with Crippen molar-refractivity contribution in [2.24, 2.45) is 28.1 Å². The van der Waals surface area contributed by atoms with Gasteiger partial charge in [0.2, 0.25) is 0 Å². The van der Waals surface area contributed by atoms with Gasteiger partial charge in [-0.2, -0.15) is 0 Å². The molecular formula is C26H36O3. The van der Waals surface area contributed by atoms with E-state index in [1.165, 1.54) is 44.3 Å². The molecular weight excluding hydrogens is 360 g/mol. The molecule has 158 valence electrons. The molecule has 6 rings (SSSR count). The Morgan fingerprint density at radius 3 is 2.62 bits per heavy atom. The quantitative estimate of drug-likeness (QED) is 0.554. The summed E-state index contributed by atoms with van der Waals surface area (Å²) >= 11 is 0. The van der Waals surface area contributed by atoms with E-state index in [4.69, 9.17) is 14.2 Å². The van der Waals surface area contributed by atoms with E-state index in [2.05, 4.69) is 32.1 Å². The van der Waals surface area contributed by atoms with Crippen LogP contribution in [0.3, 0.4) is 0 Å². The van der Waals surface area contributed by atoms with E-state index in [1.807, 2.05) is 7.11 Å². The van der Waals surface area contributed by atoms with E-state index in [-0.39, 0.29) is 10.8 Å². The van der Waals surface area contributed by atoms with E-state index in [9.17, 15) is 0 Å². The summed E-state index contributed by atoms with van der Waals surface area (Å²) in [4.78, 5) is 0. The van der Waals surface area contributed by atoms with Gasteiger partial charge >= 0.3 is 0 Å². The second-order valence-corrected chi connectivity index (χ2v) is 10.7. The minimum atomic E-state index is -0.399. The molecule has 0 aromatic heterocycles. The van der Waals surface area contributed by atoms with Crippen LogP contribution in [0.5, 0.6) is 0 Å². The van der Waals surface area contributed by atoms with Crippen molar-refractivity contribution >= 4 is 0 Å². The largest absolute Gasteiger partial charge is 0.501 e. The summed E-state index contributed by atoms with van der Waals surface area (Å²) in [6.45, 7) is 6.37. The second kappa shape index (κ2) is 6.01. The van der Waals surface area contributed by atoms with Crippen LogP contribution in [0, 0.1) is 28.1 Å². The summed E-state index contributed by atoms with van der Waals surface area (Å²) in [6, 6.07) is 0. The van der Waals surface area contributed by atoms with Gasteiger partial charge in [-0.25, -0.2) is 0 Å². The van der Waals surface area contributed by atoms with Gasteiger partial charge in [-0.1, -0.05) is 37.1 Å². The van der Waals surface area contributed by atoms with Gasteiger partial charge in [0.25, 0.3) is 0 Å². The van der Waals surface area contributed by atoms with E-state index in [0.717, 1.165) is 44.3 Å². The molecule has 1 unspecified atom stereocenters. The topological polar surface area (TPSA) is 27.7 Å². The molecule has 1 aliphatic heterocycles. The van der Waals surface area contributed by atoms with Crippen molar-refractivity contribution in [1.82, 2.24) is 0 Å². The number of rotatable bonds is 3. The van der Waals surface area contributed by atoms with Gasteiger partial charge in [0, 0.05) is 11.8 Å². The predicted molar refractivity (Wildman–Crippen MR) is 113 cm³/mol. The number of methoxy groups -OCH3 is 1. The van der Waals surface area contributed by atoms with E-state index < -0.39 is 5.79 Å². The highest BCUT2D eigenvalue weighted by Gasteiger charge is 2.77. The van der Waals surface area contributed by atoms with Crippen LogP contribution in [0.15, 0.2) is 35.1 Å². The Morgan fingerprint density at radius 2 is 1.93 bits per heavy atom. The fraction of sp³-hybridized carbons (Fsp3) is 0.769. The third kappa shape index (κ3) is 1.98. The Labute approximate surface area is 175 Å². The Hall–Kier alpha value is -1.06. The molecule has 1 saturated heterocycles. The molecule has 5 atom stereocenters. The maximum Gasteiger partial charge on any atom is 0.177 e. The summed E-state index contributed by atoms with van der Waals surface area (Å²) in [5.74, 6) is 2.34. The van der Waals surface area contributed by atoms with Gasteiger partial charge in [-0.05, 0) is 80.1 Å². The van der Waals surface area contributed by atoms with Crippen LogP contribution in [0.1, 0.15) is 71.6 Å². The van der Waals surface area contributed by atoms with Crippen LogP contribution in [0.2, 0.25) is 0 Å². The summed E-state index contributed by atoms with van der Waals surface area (Å²) < 4.78 is 18.5. The van der Waals surface area contributed by atoms with Crippen molar-refractivity contribution in [2.45, 2.75) is 77.4 Å². The number of hydrogen-bond acceptors (Lipinski definition) is 3. The van der Waals surface area contributed by atoms with Crippen LogP contribution < -0.4 is 0 Å². The Kier molecular flexibility index (Phi) is 3.87. The van der Waals surface area contributed by atoms with E-state index >= 15 is 0 Å². The monoisotopic (exact) mass is 396 g/mol. The summed E-state index contributed by atoms with van der Waals surface area (Å²) in [6.07, 6.45) is 18.5. The number of hydrogen-bond donors (Lipinski definition) is 0. The molecule has 0 amide bonds. The highest BCUT2D eigenvalue weighted by molar-refractivity contribution is 5.41. The maximum atomic E-state index is 6.45. The minimum absolute atomic E-state index is 0.0561. The van der Waals surface area contributed by atoms with E-state index in [1.54, 1.807) is 11.1 Å². The Bertz CT molecular complexity index is 816. The molecule has 3 nitrogen and oxygen atoms in total. The zero-order valence-corrected chi connectivity index (χ0v) is 18.4. The third-order valence-corrected chi connectivity index (χ3v) is 10.5. The molecule has 3 heteroatoms. The first-order chi connectivity index (χ1) is 14.0. The number of ether oxygens (including phenoxy) is 3. The first-order valence-corrected chi connectivity index (χ1v) is 12.0. The molecule has 0 aromatic carbocycles.